The van der Waals surface area contributed by atoms with E-state index in [1.165, 1.54) is 25.1 Å². The van der Waals surface area contributed by atoms with Crippen molar-refractivity contribution in [2.45, 2.75) is 32.8 Å². The number of carbonyl (C=O) groups is 3. The zero-order valence-corrected chi connectivity index (χ0v) is 18.6. The molecule has 2 aromatic carbocycles. The van der Waals surface area contributed by atoms with Crippen LogP contribution in [-0.4, -0.2) is 37.0 Å². The number of esters is 1. The summed E-state index contributed by atoms with van der Waals surface area (Å²) >= 11 is 5.93. The molecule has 0 aliphatic carbocycles. The van der Waals surface area contributed by atoms with Gasteiger partial charge < -0.3 is 20.1 Å². The number of halogens is 1. The predicted molar refractivity (Wildman–Crippen MR) is 120 cm³/mol. The van der Waals surface area contributed by atoms with E-state index in [0.29, 0.717) is 23.6 Å². The van der Waals surface area contributed by atoms with E-state index in [9.17, 15) is 14.4 Å². The predicted octanol–water partition coefficient (Wildman–Crippen LogP) is 3.69. The average Bonchev–Trinajstić information content (AvgIpc) is 2.78. The van der Waals surface area contributed by atoms with Gasteiger partial charge in [-0.2, -0.15) is 5.26 Å². The lowest BCUT2D eigenvalue weighted by molar-refractivity contribution is -0.152. The molecule has 0 bridgehead atoms. The summed E-state index contributed by atoms with van der Waals surface area (Å²) in [6.07, 6.45) is 0.872. The van der Waals surface area contributed by atoms with Gasteiger partial charge in [0.05, 0.1) is 17.2 Å². The molecule has 0 spiro atoms. The van der Waals surface area contributed by atoms with Crippen LogP contribution in [-0.2, 0) is 14.3 Å². The first kappa shape index (κ1) is 24.7. The molecule has 0 fully saturated rings. The van der Waals surface area contributed by atoms with Gasteiger partial charge in [-0.3, -0.25) is 14.4 Å². The van der Waals surface area contributed by atoms with Crippen LogP contribution in [0.3, 0.4) is 0 Å². The molecule has 9 heteroatoms. The van der Waals surface area contributed by atoms with Crippen molar-refractivity contribution >= 4 is 35.1 Å². The van der Waals surface area contributed by atoms with Crippen LogP contribution in [0.5, 0.6) is 5.75 Å². The number of rotatable bonds is 10. The van der Waals surface area contributed by atoms with Crippen LogP contribution in [0.25, 0.3) is 0 Å². The topological polar surface area (TPSA) is 118 Å². The van der Waals surface area contributed by atoms with Crippen molar-refractivity contribution in [2.24, 2.45) is 0 Å². The van der Waals surface area contributed by atoms with Crippen LogP contribution in [0, 0.1) is 11.3 Å². The minimum absolute atomic E-state index is 0.193. The second kappa shape index (κ2) is 12.3. The molecular weight excluding hydrogens is 434 g/mol. The summed E-state index contributed by atoms with van der Waals surface area (Å²) in [5.74, 6) is -1.13. The molecule has 2 rings (SSSR count). The number of benzene rings is 2. The van der Waals surface area contributed by atoms with E-state index in [2.05, 4.69) is 17.6 Å². The third-order valence-corrected chi connectivity index (χ3v) is 4.62. The van der Waals surface area contributed by atoms with Crippen molar-refractivity contribution in [2.75, 3.05) is 18.5 Å². The number of hydrogen-bond donors (Lipinski definition) is 2. The van der Waals surface area contributed by atoms with Gasteiger partial charge in [-0.25, -0.2) is 0 Å². The molecule has 0 saturated heterocycles. The van der Waals surface area contributed by atoms with Gasteiger partial charge in [0.15, 0.2) is 6.10 Å². The number of unbranched alkanes of at least 4 members (excludes halogenated alkanes) is 1. The van der Waals surface area contributed by atoms with E-state index in [0.717, 1.165) is 12.8 Å². The summed E-state index contributed by atoms with van der Waals surface area (Å²) in [5, 5.41) is 14.1. The monoisotopic (exact) mass is 457 g/mol. The van der Waals surface area contributed by atoms with Gasteiger partial charge in [0, 0.05) is 11.3 Å². The van der Waals surface area contributed by atoms with Crippen LogP contribution in [0.2, 0.25) is 5.02 Å². The van der Waals surface area contributed by atoms with Crippen LogP contribution >= 0.6 is 11.6 Å². The van der Waals surface area contributed by atoms with Crippen LogP contribution in [0.1, 0.15) is 42.6 Å². The fourth-order valence-electron chi connectivity index (χ4n) is 2.51. The quantitative estimate of drug-likeness (QED) is 0.415. The highest BCUT2D eigenvalue weighted by molar-refractivity contribution is 6.32. The molecule has 2 amide bonds. The van der Waals surface area contributed by atoms with E-state index >= 15 is 0 Å². The van der Waals surface area contributed by atoms with Gasteiger partial charge in [0.1, 0.15) is 18.4 Å². The zero-order chi connectivity index (χ0) is 23.5. The number of ether oxygens (including phenoxy) is 2. The van der Waals surface area contributed by atoms with Gasteiger partial charge in [-0.05, 0) is 55.8 Å². The minimum atomic E-state index is -1.10. The first-order chi connectivity index (χ1) is 15.3. The highest BCUT2D eigenvalue weighted by Crippen LogP contribution is 2.20. The van der Waals surface area contributed by atoms with Crippen molar-refractivity contribution in [3.63, 3.8) is 0 Å². The molecule has 0 radical (unpaired) electrons. The molecule has 2 N–H and O–H groups in total. The number of nitriles is 1. The molecule has 0 heterocycles. The fourth-order valence-corrected chi connectivity index (χ4v) is 2.73. The zero-order valence-electron chi connectivity index (χ0n) is 17.8. The van der Waals surface area contributed by atoms with Crippen LogP contribution in [0.4, 0.5) is 5.69 Å². The molecule has 0 saturated carbocycles. The number of nitrogens with one attached hydrogen (secondary N) is 2. The van der Waals surface area contributed by atoms with Crippen molar-refractivity contribution in [1.82, 2.24) is 5.32 Å². The fraction of sp³-hybridized carbons (Fsp3) is 0.304. The summed E-state index contributed by atoms with van der Waals surface area (Å²) in [6, 6.07) is 12.9. The Morgan fingerprint density at radius 2 is 1.88 bits per heavy atom. The van der Waals surface area contributed by atoms with Gasteiger partial charge in [-0.1, -0.05) is 24.9 Å². The van der Waals surface area contributed by atoms with Crippen molar-refractivity contribution in [1.29, 1.82) is 5.26 Å². The minimum Gasteiger partial charge on any atom is -0.494 e. The molecule has 0 aromatic heterocycles. The van der Waals surface area contributed by atoms with Gasteiger partial charge in [0.25, 0.3) is 11.8 Å². The number of amides is 2. The Balaban J connectivity index is 1.79. The molecule has 32 heavy (non-hydrogen) atoms. The van der Waals surface area contributed by atoms with Crippen molar-refractivity contribution in [3.8, 4) is 11.8 Å². The van der Waals surface area contributed by atoms with E-state index in [4.69, 9.17) is 26.3 Å². The first-order valence-electron chi connectivity index (χ1n) is 10.0. The van der Waals surface area contributed by atoms with E-state index < -0.39 is 30.4 Å². The molecule has 1 atom stereocenters. The SMILES string of the molecule is CCCCOc1ccc(C(=O)NCC(=O)OC(C)C(=O)Nc2ccc(C#N)c(Cl)c2)cc1. The van der Waals surface area contributed by atoms with E-state index in [1.807, 2.05) is 6.07 Å². The van der Waals surface area contributed by atoms with E-state index in [-0.39, 0.29) is 10.6 Å². The Bertz CT molecular complexity index is 1000. The number of carbonyl (C=O) groups excluding carboxylic acids is 3. The standard InChI is InChI=1S/C23H24ClN3O5/c1-3-4-11-31-19-9-6-16(7-10-19)23(30)26-14-21(28)32-15(2)22(29)27-18-8-5-17(13-25)20(24)12-18/h5-10,12,15H,3-4,11,14H2,1-2H3,(H,26,30)(H,27,29). The number of hydrogen-bond acceptors (Lipinski definition) is 6. The normalized spacial score (nSPS) is 11.1. The Hall–Kier alpha value is -3.57. The molecule has 2 aromatic rings. The lowest BCUT2D eigenvalue weighted by Gasteiger charge is -2.14. The molecule has 1 unspecified atom stereocenters. The average molecular weight is 458 g/mol. The van der Waals surface area contributed by atoms with Crippen molar-refractivity contribution in [3.05, 3.63) is 58.6 Å². The Morgan fingerprint density at radius 1 is 1.16 bits per heavy atom. The smallest absolute Gasteiger partial charge is 0.326 e. The molecular formula is C23H24ClN3O5. The van der Waals surface area contributed by atoms with Crippen molar-refractivity contribution < 1.29 is 23.9 Å². The molecule has 0 aliphatic rings. The lowest BCUT2D eigenvalue weighted by Crippen LogP contribution is -2.35. The lowest BCUT2D eigenvalue weighted by atomic mass is 10.2. The summed E-state index contributed by atoms with van der Waals surface area (Å²) in [7, 11) is 0. The maximum absolute atomic E-state index is 12.2. The van der Waals surface area contributed by atoms with Gasteiger partial charge >= 0.3 is 5.97 Å². The molecule has 0 aliphatic heterocycles. The molecule has 168 valence electrons. The van der Waals surface area contributed by atoms with Gasteiger partial charge in [-0.15, -0.1) is 0 Å². The summed E-state index contributed by atoms with van der Waals surface area (Å²) in [5.41, 5.74) is 1.000. The summed E-state index contributed by atoms with van der Waals surface area (Å²) < 4.78 is 10.6. The highest BCUT2D eigenvalue weighted by atomic mass is 35.5. The Labute approximate surface area is 191 Å². The van der Waals surface area contributed by atoms with Crippen LogP contribution in [0.15, 0.2) is 42.5 Å². The summed E-state index contributed by atoms with van der Waals surface area (Å²) in [6.45, 7) is 3.68. The maximum atomic E-state index is 12.2. The second-order valence-electron chi connectivity index (χ2n) is 6.84. The van der Waals surface area contributed by atoms with Gasteiger partial charge in [0.2, 0.25) is 0 Å². The van der Waals surface area contributed by atoms with E-state index in [1.54, 1.807) is 24.3 Å². The number of nitrogens with zero attached hydrogens (tertiary/aromatic N) is 1. The number of anilines is 1. The maximum Gasteiger partial charge on any atom is 0.326 e. The first-order valence-corrected chi connectivity index (χ1v) is 10.4. The summed E-state index contributed by atoms with van der Waals surface area (Å²) in [4.78, 5) is 36.4. The Morgan fingerprint density at radius 3 is 2.50 bits per heavy atom. The third kappa shape index (κ3) is 7.60. The van der Waals surface area contributed by atoms with Crippen LogP contribution < -0.4 is 15.4 Å². The Kier molecular flexibility index (Phi) is 9.51. The largest absolute Gasteiger partial charge is 0.494 e. The second-order valence-corrected chi connectivity index (χ2v) is 7.24. The third-order valence-electron chi connectivity index (χ3n) is 4.31. The molecule has 8 nitrogen and oxygen atoms in total. The highest BCUT2D eigenvalue weighted by Gasteiger charge is 2.19.